The molecule has 2 aliphatic rings. The molecule has 25 heavy (non-hydrogen) atoms. The Morgan fingerprint density at radius 1 is 1.00 bits per heavy atom. The van der Waals surface area contributed by atoms with Gasteiger partial charge in [0.05, 0.1) is 18.1 Å². The monoisotopic (exact) mass is 381 g/mol. The minimum atomic E-state index is 0. The molecule has 0 saturated carbocycles. The first-order valence-electron chi connectivity index (χ1n) is 8.39. The molecular formula is C19H25Cl2N3O. The average Bonchev–Trinajstić information content (AvgIpc) is 3.17. The maximum absolute atomic E-state index is 5.92. The highest BCUT2D eigenvalue weighted by Gasteiger charge is 2.44. The van der Waals surface area contributed by atoms with Gasteiger partial charge in [0.2, 0.25) is 0 Å². The van der Waals surface area contributed by atoms with Crippen LogP contribution >= 0.6 is 24.8 Å². The Labute approximate surface area is 162 Å². The summed E-state index contributed by atoms with van der Waals surface area (Å²) in [5, 5.41) is 0. The number of likely N-dealkylation sites (N-methyl/N-ethyl adjacent to an activating group) is 1. The first kappa shape index (κ1) is 19.8. The van der Waals surface area contributed by atoms with Crippen molar-refractivity contribution in [3.8, 4) is 11.5 Å². The van der Waals surface area contributed by atoms with Crippen molar-refractivity contribution in [2.45, 2.75) is 24.8 Å². The van der Waals surface area contributed by atoms with Crippen molar-refractivity contribution in [1.82, 2.24) is 9.88 Å². The average molecular weight is 382 g/mol. The number of halogens is 2. The molecule has 4 rings (SSSR count). The zero-order valence-corrected chi connectivity index (χ0v) is 16.1. The fourth-order valence-corrected chi connectivity index (χ4v) is 3.93. The quantitative estimate of drug-likeness (QED) is 0.787. The van der Waals surface area contributed by atoms with E-state index in [1.807, 2.05) is 36.5 Å². The second-order valence-electron chi connectivity index (χ2n) is 6.71. The van der Waals surface area contributed by atoms with Crippen molar-refractivity contribution < 1.29 is 4.74 Å². The molecule has 2 saturated heterocycles. The van der Waals surface area contributed by atoms with Gasteiger partial charge in [-0.05, 0) is 45.0 Å². The third-order valence-corrected chi connectivity index (χ3v) is 5.32. The van der Waals surface area contributed by atoms with E-state index in [1.54, 1.807) is 6.20 Å². The van der Waals surface area contributed by atoms with Gasteiger partial charge in [0.1, 0.15) is 11.5 Å². The summed E-state index contributed by atoms with van der Waals surface area (Å²) >= 11 is 0. The largest absolute Gasteiger partial charge is 0.456 e. The van der Waals surface area contributed by atoms with Crippen LogP contribution in [0.4, 0.5) is 5.69 Å². The van der Waals surface area contributed by atoms with Crippen molar-refractivity contribution in [3.63, 3.8) is 0 Å². The molecule has 0 N–H and O–H groups in total. The Morgan fingerprint density at radius 3 is 2.52 bits per heavy atom. The topological polar surface area (TPSA) is 28.6 Å². The van der Waals surface area contributed by atoms with Crippen LogP contribution in [0.2, 0.25) is 0 Å². The zero-order valence-electron chi connectivity index (χ0n) is 14.4. The van der Waals surface area contributed by atoms with Crippen LogP contribution in [0.15, 0.2) is 48.8 Å². The number of nitrogens with zero attached hydrogens (tertiary/aromatic N) is 3. The summed E-state index contributed by atoms with van der Waals surface area (Å²) < 4.78 is 5.92. The van der Waals surface area contributed by atoms with Gasteiger partial charge in [0.15, 0.2) is 0 Å². The molecule has 0 amide bonds. The predicted molar refractivity (Wildman–Crippen MR) is 107 cm³/mol. The fraction of sp³-hybridized carbons (Fsp3) is 0.421. The molecule has 136 valence electrons. The van der Waals surface area contributed by atoms with E-state index in [9.17, 15) is 0 Å². The van der Waals surface area contributed by atoms with Gasteiger partial charge in [-0.1, -0.05) is 18.2 Å². The van der Waals surface area contributed by atoms with Crippen LogP contribution in [0.5, 0.6) is 11.5 Å². The van der Waals surface area contributed by atoms with Crippen LogP contribution < -0.4 is 9.64 Å². The molecule has 3 heterocycles. The highest BCUT2D eigenvalue weighted by Crippen LogP contribution is 2.38. The van der Waals surface area contributed by atoms with E-state index in [-0.39, 0.29) is 24.8 Å². The summed E-state index contributed by atoms with van der Waals surface area (Å²) in [6, 6.07) is 12.0. The molecule has 4 nitrogen and oxygen atoms in total. The van der Waals surface area contributed by atoms with Crippen molar-refractivity contribution in [1.29, 1.82) is 0 Å². The van der Waals surface area contributed by atoms with Crippen LogP contribution in [0.25, 0.3) is 0 Å². The lowest BCUT2D eigenvalue weighted by molar-refractivity contribution is 0.198. The second kappa shape index (κ2) is 8.26. The molecule has 0 radical (unpaired) electrons. The van der Waals surface area contributed by atoms with Gasteiger partial charge in [0, 0.05) is 24.7 Å². The van der Waals surface area contributed by atoms with Crippen molar-refractivity contribution in [3.05, 3.63) is 48.8 Å². The number of para-hydroxylation sites is 1. The number of likely N-dealkylation sites (tertiary alicyclic amines) is 1. The van der Waals surface area contributed by atoms with E-state index < -0.39 is 0 Å². The Kier molecular flexibility index (Phi) is 6.55. The number of anilines is 1. The number of ether oxygens (including phenoxy) is 1. The summed E-state index contributed by atoms with van der Waals surface area (Å²) in [4.78, 5) is 9.38. The Balaban J connectivity index is 0.00000113. The van der Waals surface area contributed by atoms with Crippen molar-refractivity contribution >= 4 is 30.5 Å². The predicted octanol–water partition coefficient (Wildman–Crippen LogP) is 4.39. The van der Waals surface area contributed by atoms with Crippen LogP contribution in [0, 0.1) is 0 Å². The minimum absolute atomic E-state index is 0. The maximum Gasteiger partial charge on any atom is 0.147 e. The summed E-state index contributed by atoms with van der Waals surface area (Å²) in [5.41, 5.74) is 1.53. The summed E-state index contributed by atoms with van der Waals surface area (Å²) in [5.74, 6) is 1.65. The summed E-state index contributed by atoms with van der Waals surface area (Å²) in [6.07, 6.45) is 7.61. The van der Waals surface area contributed by atoms with Crippen molar-refractivity contribution in [2.24, 2.45) is 0 Å². The van der Waals surface area contributed by atoms with E-state index in [2.05, 4.69) is 27.9 Å². The lowest BCUT2D eigenvalue weighted by atomic mass is 9.96. The highest BCUT2D eigenvalue weighted by molar-refractivity contribution is 5.85. The molecule has 1 unspecified atom stereocenters. The SMILES string of the molecule is CN1CCCC12CCN(c1cncc(Oc3ccccc3)c1)C2.Cl.Cl. The lowest BCUT2D eigenvalue weighted by Crippen LogP contribution is -2.43. The Bertz CT molecular complexity index is 685. The van der Waals surface area contributed by atoms with Crippen LogP contribution in [-0.2, 0) is 0 Å². The molecule has 2 fully saturated rings. The zero-order chi connectivity index (χ0) is 15.7. The molecule has 6 heteroatoms. The van der Waals surface area contributed by atoms with Crippen molar-refractivity contribution in [2.75, 3.05) is 31.6 Å². The number of benzene rings is 1. The van der Waals surface area contributed by atoms with Gasteiger partial charge in [-0.15, -0.1) is 24.8 Å². The molecule has 1 aromatic carbocycles. The smallest absolute Gasteiger partial charge is 0.147 e. The Hall–Kier alpha value is -1.49. The molecule has 2 aromatic rings. The highest BCUT2D eigenvalue weighted by atomic mass is 35.5. The van der Waals surface area contributed by atoms with Gasteiger partial charge >= 0.3 is 0 Å². The summed E-state index contributed by atoms with van der Waals surface area (Å²) in [6.45, 7) is 3.42. The standard InChI is InChI=1S/C19H23N3O.2ClH/c1-21-10-5-8-19(21)9-11-22(15-19)16-12-18(14-20-13-16)23-17-6-3-2-4-7-17;;/h2-4,6-7,12-14H,5,8-11,15H2,1H3;2*1H. The number of pyridine rings is 1. The number of hydrogen-bond donors (Lipinski definition) is 0. The molecule has 0 aliphatic carbocycles. The Morgan fingerprint density at radius 2 is 1.80 bits per heavy atom. The number of hydrogen-bond acceptors (Lipinski definition) is 4. The van der Waals surface area contributed by atoms with Gasteiger partial charge in [-0.25, -0.2) is 0 Å². The number of rotatable bonds is 3. The molecule has 2 aliphatic heterocycles. The van der Waals surface area contributed by atoms with Crippen LogP contribution in [0.1, 0.15) is 19.3 Å². The molecular weight excluding hydrogens is 357 g/mol. The molecule has 1 atom stereocenters. The van der Waals surface area contributed by atoms with Gasteiger partial charge < -0.3 is 9.64 Å². The van der Waals surface area contributed by atoms with E-state index in [4.69, 9.17) is 4.74 Å². The second-order valence-corrected chi connectivity index (χ2v) is 6.71. The lowest BCUT2D eigenvalue weighted by Gasteiger charge is -2.32. The third-order valence-electron chi connectivity index (χ3n) is 5.32. The summed E-state index contributed by atoms with van der Waals surface area (Å²) in [7, 11) is 2.27. The molecule has 1 aromatic heterocycles. The normalized spacial score (nSPS) is 22.5. The van der Waals surface area contributed by atoms with Gasteiger partial charge in [-0.2, -0.15) is 0 Å². The first-order valence-corrected chi connectivity index (χ1v) is 8.39. The molecule has 1 spiro atoms. The van der Waals surface area contributed by atoms with Crippen LogP contribution in [0.3, 0.4) is 0 Å². The van der Waals surface area contributed by atoms with E-state index >= 15 is 0 Å². The first-order chi connectivity index (χ1) is 11.3. The minimum Gasteiger partial charge on any atom is -0.456 e. The van der Waals surface area contributed by atoms with Crippen LogP contribution in [-0.4, -0.2) is 42.1 Å². The maximum atomic E-state index is 5.92. The number of aromatic nitrogens is 1. The fourth-order valence-electron chi connectivity index (χ4n) is 3.93. The van der Waals surface area contributed by atoms with E-state index in [0.29, 0.717) is 5.54 Å². The van der Waals surface area contributed by atoms with Gasteiger partial charge in [-0.3, -0.25) is 9.88 Å². The van der Waals surface area contributed by atoms with Gasteiger partial charge in [0.25, 0.3) is 0 Å². The van der Waals surface area contributed by atoms with E-state index in [1.165, 1.54) is 25.8 Å². The third kappa shape index (κ3) is 4.02. The molecule has 0 bridgehead atoms. The van der Waals surface area contributed by atoms with E-state index in [0.717, 1.165) is 30.3 Å².